The van der Waals surface area contributed by atoms with Crippen molar-refractivity contribution in [2.45, 2.75) is 6.92 Å². The van der Waals surface area contributed by atoms with Crippen LogP contribution >= 0.6 is 0 Å². The van der Waals surface area contributed by atoms with E-state index in [1.807, 2.05) is 6.07 Å². The number of ether oxygens (including phenoxy) is 1. The Hall–Kier alpha value is -3.27. The molecule has 112 valence electrons. The highest BCUT2D eigenvalue weighted by Crippen LogP contribution is 2.23. The van der Waals surface area contributed by atoms with Crippen LogP contribution in [0.3, 0.4) is 0 Å². The van der Waals surface area contributed by atoms with Crippen molar-refractivity contribution in [2.75, 3.05) is 17.7 Å². The minimum absolute atomic E-state index is 0.0169. The van der Waals surface area contributed by atoms with Gasteiger partial charge in [-0.15, -0.1) is 0 Å². The lowest BCUT2D eigenvalue weighted by molar-refractivity contribution is 0.102. The second-order valence-electron chi connectivity index (χ2n) is 4.33. The Morgan fingerprint density at radius 3 is 2.91 bits per heavy atom. The summed E-state index contributed by atoms with van der Waals surface area (Å²) in [6.45, 7) is 2.03. The standard InChI is InChI=1S/C15H14N4O3/c1-2-22-15-11(8-16)12(17)7-13(19-15)14(21)18-9-4-3-5-10(20)6-9/h3-7,20H,2H2,1H3,(H2,17,19)(H,18,21). The predicted molar refractivity (Wildman–Crippen MR) is 80.6 cm³/mol. The number of pyridine rings is 1. The lowest BCUT2D eigenvalue weighted by atomic mass is 10.2. The summed E-state index contributed by atoms with van der Waals surface area (Å²) in [6, 6.07) is 9.30. The minimum Gasteiger partial charge on any atom is -0.508 e. The zero-order valence-corrected chi connectivity index (χ0v) is 11.8. The van der Waals surface area contributed by atoms with Gasteiger partial charge in [0.1, 0.15) is 23.1 Å². The first-order chi connectivity index (χ1) is 10.5. The van der Waals surface area contributed by atoms with Gasteiger partial charge >= 0.3 is 0 Å². The van der Waals surface area contributed by atoms with Crippen LogP contribution in [0.15, 0.2) is 30.3 Å². The average Bonchev–Trinajstić information content (AvgIpc) is 2.47. The van der Waals surface area contributed by atoms with Crippen molar-refractivity contribution in [3.8, 4) is 17.7 Å². The molecule has 0 aliphatic carbocycles. The number of carbonyl (C=O) groups excluding carboxylic acids is 1. The summed E-state index contributed by atoms with van der Waals surface area (Å²) in [5.41, 5.74) is 6.39. The zero-order valence-electron chi connectivity index (χ0n) is 11.8. The molecule has 0 saturated heterocycles. The molecular weight excluding hydrogens is 284 g/mol. The highest BCUT2D eigenvalue weighted by molar-refractivity contribution is 6.03. The van der Waals surface area contributed by atoms with E-state index >= 15 is 0 Å². The van der Waals surface area contributed by atoms with Crippen LogP contribution < -0.4 is 15.8 Å². The number of phenols is 1. The van der Waals surface area contributed by atoms with Crippen LogP contribution in [0.4, 0.5) is 11.4 Å². The molecule has 7 heteroatoms. The number of nitrogen functional groups attached to an aromatic ring is 1. The van der Waals surface area contributed by atoms with Crippen LogP contribution in [-0.4, -0.2) is 22.6 Å². The van der Waals surface area contributed by atoms with Gasteiger partial charge in [0.25, 0.3) is 5.91 Å². The molecule has 2 rings (SSSR count). The van der Waals surface area contributed by atoms with Crippen molar-refractivity contribution in [3.05, 3.63) is 41.6 Å². The fourth-order valence-electron chi connectivity index (χ4n) is 1.79. The highest BCUT2D eigenvalue weighted by Gasteiger charge is 2.16. The highest BCUT2D eigenvalue weighted by atomic mass is 16.5. The third-order valence-corrected chi connectivity index (χ3v) is 2.75. The molecular formula is C15H14N4O3. The van der Waals surface area contributed by atoms with Crippen LogP contribution in [-0.2, 0) is 0 Å². The topological polar surface area (TPSA) is 121 Å². The fraction of sp³-hybridized carbons (Fsp3) is 0.133. The average molecular weight is 298 g/mol. The number of nitriles is 1. The van der Waals surface area contributed by atoms with Gasteiger partial charge in [-0.1, -0.05) is 6.07 Å². The van der Waals surface area contributed by atoms with Gasteiger partial charge in [-0.3, -0.25) is 4.79 Å². The van der Waals surface area contributed by atoms with Gasteiger partial charge in [0.05, 0.1) is 12.3 Å². The van der Waals surface area contributed by atoms with E-state index in [1.54, 1.807) is 19.1 Å². The van der Waals surface area contributed by atoms with Gasteiger partial charge in [0, 0.05) is 11.8 Å². The number of hydrogen-bond acceptors (Lipinski definition) is 6. The number of nitrogens with two attached hydrogens (primary N) is 1. The Balaban J connectivity index is 2.32. The third-order valence-electron chi connectivity index (χ3n) is 2.75. The molecule has 22 heavy (non-hydrogen) atoms. The van der Waals surface area contributed by atoms with Crippen molar-refractivity contribution in [3.63, 3.8) is 0 Å². The molecule has 0 atom stereocenters. The normalized spacial score (nSPS) is 9.82. The minimum atomic E-state index is -0.525. The molecule has 1 aromatic heterocycles. The van der Waals surface area contributed by atoms with Crippen molar-refractivity contribution >= 4 is 17.3 Å². The van der Waals surface area contributed by atoms with Crippen LogP contribution in [0.25, 0.3) is 0 Å². The van der Waals surface area contributed by atoms with Crippen LogP contribution in [0.1, 0.15) is 23.0 Å². The van der Waals surface area contributed by atoms with Crippen LogP contribution in [0.2, 0.25) is 0 Å². The summed E-state index contributed by atoms with van der Waals surface area (Å²) < 4.78 is 5.24. The van der Waals surface area contributed by atoms with E-state index in [0.29, 0.717) is 12.3 Å². The van der Waals surface area contributed by atoms with Gasteiger partial charge in [0.2, 0.25) is 5.88 Å². The van der Waals surface area contributed by atoms with Crippen molar-refractivity contribution in [2.24, 2.45) is 0 Å². The largest absolute Gasteiger partial charge is 0.508 e. The van der Waals surface area contributed by atoms with E-state index in [4.69, 9.17) is 15.7 Å². The Morgan fingerprint density at radius 1 is 1.50 bits per heavy atom. The summed E-state index contributed by atoms with van der Waals surface area (Å²) in [7, 11) is 0. The number of aromatic hydroxyl groups is 1. The molecule has 0 aliphatic rings. The molecule has 2 aromatic rings. The molecule has 0 saturated carbocycles. The quantitative estimate of drug-likeness (QED) is 0.792. The van der Waals surface area contributed by atoms with E-state index in [1.165, 1.54) is 18.2 Å². The summed E-state index contributed by atoms with van der Waals surface area (Å²) in [4.78, 5) is 16.2. The summed E-state index contributed by atoms with van der Waals surface area (Å²) in [5.74, 6) is -0.478. The molecule has 1 amide bonds. The predicted octanol–water partition coefficient (Wildman–Crippen LogP) is 1.89. The summed E-state index contributed by atoms with van der Waals surface area (Å²) in [5, 5.41) is 21.0. The summed E-state index contributed by atoms with van der Waals surface area (Å²) in [6.07, 6.45) is 0. The number of phenolic OH excluding ortho intramolecular Hbond substituents is 1. The molecule has 1 aromatic carbocycles. The van der Waals surface area contributed by atoms with Crippen LogP contribution in [0, 0.1) is 11.3 Å². The molecule has 0 aliphatic heterocycles. The number of carbonyl (C=O) groups is 1. The molecule has 4 N–H and O–H groups in total. The molecule has 0 unspecified atom stereocenters. The van der Waals surface area contributed by atoms with Gasteiger partial charge in [-0.05, 0) is 25.1 Å². The Labute approximate surface area is 127 Å². The lowest BCUT2D eigenvalue weighted by Gasteiger charge is -2.10. The second-order valence-corrected chi connectivity index (χ2v) is 4.33. The fourth-order valence-corrected chi connectivity index (χ4v) is 1.79. The maximum Gasteiger partial charge on any atom is 0.274 e. The van der Waals surface area contributed by atoms with Gasteiger partial charge < -0.3 is 20.9 Å². The molecule has 1 heterocycles. The molecule has 0 radical (unpaired) electrons. The maximum absolute atomic E-state index is 12.2. The third kappa shape index (κ3) is 3.24. The first-order valence-corrected chi connectivity index (χ1v) is 6.49. The summed E-state index contributed by atoms with van der Waals surface area (Å²) >= 11 is 0. The lowest BCUT2D eigenvalue weighted by Crippen LogP contribution is -2.15. The number of anilines is 2. The van der Waals surface area contributed by atoms with Gasteiger partial charge in [-0.25, -0.2) is 4.98 Å². The van der Waals surface area contributed by atoms with Gasteiger partial charge in [-0.2, -0.15) is 5.26 Å². The van der Waals surface area contributed by atoms with Gasteiger partial charge in [0.15, 0.2) is 0 Å². The number of hydrogen-bond donors (Lipinski definition) is 3. The number of aromatic nitrogens is 1. The number of benzene rings is 1. The smallest absolute Gasteiger partial charge is 0.274 e. The zero-order chi connectivity index (χ0) is 16.1. The van der Waals surface area contributed by atoms with Crippen molar-refractivity contribution < 1.29 is 14.6 Å². The van der Waals surface area contributed by atoms with E-state index < -0.39 is 5.91 Å². The van der Waals surface area contributed by atoms with E-state index in [9.17, 15) is 9.90 Å². The number of nitrogens with one attached hydrogen (secondary N) is 1. The molecule has 0 fully saturated rings. The second kappa shape index (κ2) is 6.45. The van der Waals surface area contributed by atoms with E-state index in [-0.39, 0.29) is 28.6 Å². The van der Waals surface area contributed by atoms with Crippen molar-refractivity contribution in [1.82, 2.24) is 4.98 Å². The first kappa shape index (κ1) is 15.1. The number of rotatable bonds is 4. The number of nitrogens with zero attached hydrogens (tertiary/aromatic N) is 2. The Kier molecular flexibility index (Phi) is 4.44. The molecule has 0 spiro atoms. The first-order valence-electron chi connectivity index (χ1n) is 6.49. The SMILES string of the molecule is CCOc1nc(C(=O)Nc2cccc(O)c2)cc(N)c1C#N. The Morgan fingerprint density at radius 2 is 2.27 bits per heavy atom. The van der Waals surface area contributed by atoms with Crippen molar-refractivity contribution in [1.29, 1.82) is 5.26 Å². The maximum atomic E-state index is 12.2. The van der Waals surface area contributed by atoms with E-state index in [0.717, 1.165) is 0 Å². The number of amides is 1. The Bertz CT molecular complexity index is 753. The monoisotopic (exact) mass is 298 g/mol. The molecule has 7 nitrogen and oxygen atoms in total. The van der Waals surface area contributed by atoms with Crippen LogP contribution in [0.5, 0.6) is 11.6 Å². The molecule has 0 bridgehead atoms. The van der Waals surface area contributed by atoms with E-state index in [2.05, 4.69) is 10.3 Å².